The van der Waals surface area contributed by atoms with Gasteiger partial charge < -0.3 is 19.6 Å². The van der Waals surface area contributed by atoms with Crippen LogP contribution in [-0.2, 0) is 9.53 Å². The van der Waals surface area contributed by atoms with Crippen LogP contribution in [0.5, 0.6) is 0 Å². The molecule has 1 aromatic rings. The molecule has 6 nitrogen and oxygen atoms in total. The Kier molecular flexibility index (Phi) is 4.97. The number of nitrogens with one attached hydrogen (secondary N) is 1. The number of aliphatic carboxylic acids is 1. The molecule has 0 aliphatic carbocycles. The van der Waals surface area contributed by atoms with E-state index < -0.39 is 23.6 Å². The molecule has 106 valence electrons. The fourth-order valence-corrected chi connectivity index (χ4v) is 1.53. The summed E-state index contributed by atoms with van der Waals surface area (Å²) in [6, 6.07) is 3.36. The predicted octanol–water partition coefficient (Wildman–Crippen LogP) is 2.36. The van der Waals surface area contributed by atoms with Crippen LogP contribution in [0.1, 0.15) is 38.9 Å². The van der Waals surface area contributed by atoms with Crippen LogP contribution in [0.4, 0.5) is 4.79 Å². The molecular weight excluding hydrogens is 250 g/mol. The lowest BCUT2D eigenvalue weighted by Gasteiger charge is -2.21. The highest BCUT2D eigenvalue weighted by atomic mass is 16.6. The normalized spacial score (nSPS) is 12.8. The van der Waals surface area contributed by atoms with Crippen LogP contribution < -0.4 is 5.32 Å². The molecule has 6 heteroatoms. The Morgan fingerprint density at radius 1 is 1.47 bits per heavy atom. The molecule has 0 aromatic carbocycles. The van der Waals surface area contributed by atoms with Crippen LogP contribution in [-0.4, -0.2) is 29.3 Å². The molecule has 19 heavy (non-hydrogen) atoms. The highest BCUT2D eigenvalue weighted by Crippen LogP contribution is 2.19. The number of hydrogen-bond acceptors (Lipinski definition) is 4. The molecule has 1 unspecified atom stereocenters. The molecule has 0 spiro atoms. The van der Waals surface area contributed by atoms with E-state index in [1.165, 1.54) is 6.26 Å². The van der Waals surface area contributed by atoms with Gasteiger partial charge in [0.1, 0.15) is 11.4 Å². The maximum Gasteiger partial charge on any atom is 0.407 e. The summed E-state index contributed by atoms with van der Waals surface area (Å²) in [5.41, 5.74) is -0.586. The molecule has 0 aliphatic rings. The minimum atomic E-state index is -0.951. The fraction of sp³-hybridized carbons (Fsp3) is 0.538. The maximum absolute atomic E-state index is 11.5. The zero-order valence-electron chi connectivity index (χ0n) is 11.3. The van der Waals surface area contributed by atoms with E-state index in [1.807, 2.05) is 0 Å². The van der Waals surface area contributed by atoms with E-state index in [1.54, 1.807) is 32.9 Å². The van der Waals surface area contributed by atoms with Crippen molar-refractivity contribution in [2.75, 3.05) is 6.54 Å². The Morgan fingerprint density at radius 3 is 2.63 bits per heavy atom. The highest BCUT2D eigenvalue weighted by Gasteiger charge is 2.21. The average molecular weight is 269 g/mol. The number of carbonyl (C=O) groups excluding carboxylic acids is 1. The van der Waals surface area contributed by atoms with Gasteiger partial charge in [-0.25, -0.2) is 4.79 Å². The number of alkyl carbamates (subject to hydrolysis) is 1. The van der Waals surface area contributed by atoms with Crippen molar-refractivity contribution in [1.29, 1.82) is 0 Å². The zero-order chi connectivity index (χ0) is 14.5. The molecule has 1 aromatic heterocycles. The first-order valence-electron chi connectivity index (χ1n) is 6.00. The van der Waals surface area contributed by atoms with Crippen molar-refractivity contribution in [3.05, 3.63) is 24.2 Å². The lowest BCUT2D eigenvalue weighted by atomic mass is 10.0. The number of hydrogen-bond donors (Lipinski definition) is 2. The van der Waals surface area contributed by atoms with Crippen LogP contribution >= 0.6 is 0 Å². The Bertz CT molecular complexity index is 419. The molecule has 1 heterocycles. The smallest absolute Gasteiger partial charge is 0.407 e. The van der Waals surface area contributed by atoms with Crippen LogP contribution in [0.3, 0.4) is 0 Å². The van der Waals surface area contributed by atoms with Gasteiger partial charge in [0.2, 0.25) is 0 Å². The van der Waals surface area contributed by atoms with E-state index in [0.29, 0.717) is 5.76 Å². The van der Waals surface area contributed by atoms with Gasteiger partial charge >= 0.3 is 12.1 Å². The van der Waals surface area contributed by atoms with Crippen molar-refractivity contribution in [1.82, 2.24) is 5.32 Å². The Hall–Kier alpha value is -1.98. The topological polar surface area (TPSA) is 88.8 Å². The minimum Gasteiger partial charge on any atom is -0.481 e. The van der Waals surface area contributed by atoms with Gasteiger partial charge in [-0.3, -0.25) is 4.79 Å². The van der Waals surface area contributed by atoms with Gasteiger partial charge in [-0.15, -0.1) is 0 Å². The second-order valence-corrected chi connectivity index (χ2v) is 5.19. The SMILES string of the molecule is CC(C)(C)OC(=O)NCC(CC(=O)O)c1ccco1. The summed E-state index contributed by atoms with van der Waals surface area (Å²) in [4.78, 5) is 22.3. The Morgan fingerprint density at radius 2 is 2.16 bits per heavy atom. The van der Waals surface area contributed by atoms with E-state index in [0.717, 1.165) is 0 Å². The lowest BCUT2D eigenvalue weighted by molar-refractivity contribution is -0.137. The number of amides is 1. The van der Waals surface area contributed by atoms with Crippen molar-refractivity contribution >= 4 is 12.1 Å². The monoisotopic (exact) mass is 269 g/mol. The number of carboxylic acid groups (broad SMARTS) is 1. The van der Waals surface area contributed by atoms with Gasteiger partial charge in [0.15, 0.2) is 0 Å². The molecule has 0 saturated heterocycles. The molecule has 1 amide bonds. The van der Waals surface area contributed by atoms with E-state index >= 15 is 0 Å². The van der Waals surface area contributed by atoms with Crippen LogP contribution in [0.25, 0.3) is 0 Å². The first kappa shape index (κ1) is 15.1. The van der Waals surface area contributed by atoms with Crippen LogP contribution in [0, 0.1) is 0 Å². The van der Waals surface area contributed by atoms with Gasteiger partial charge in [0, 0.05) is 12.5 Å². The van der Waals surface area contributed by atoms with Gasteiger partial charge in [0.05, 0.1) is 12.7 Å². The largest absolute Gasteiger partial charge is 0.481 e. The summed E-state index contributed by atoms with van der Waals surface area (Å²) in [6.07, 6.45) is 0.774. The van der Waals surface area contributed by atoms with E-state index in [9.17, 15) is 9.59 Å². The second-order valence-electron chi connectivity index (χ2n) is 5.19. The number of carboxylic acids is 1. The Labute approximate surface area is 111 Å². The number of rotatable bonds is 5. The number of furan rings is 1. The zero-order valence-corrected chi connectivity index (χ0v) is 11.3. The quantitative estimate of drug-likeness (QED) is 0.856. The molecule has 1 rings (SSSR count). The molecule has 0 radical (unpaired) electrons. The van der Waals surface area contributed by atoms with Crippen LogP contribution in [0.15, 0.2) is 22.8 Å². The first-order valence-corrected chi connectivity index (χ1v) is 6.00. The summed E-state index contributed by atoms with van der Waals surface area (Å²) in [6.45, 7) is 5.42. The molecule has 2 N–H and O–H groups in total. The van der Waals surface area contributed by atoms with Gasteiger partial charge in [0.25, 0.3) is 0 Å². The van der Waals surface area contributed by atoms with Crippen LogP contribution in [0.2, 0.25) is 0 Å². The minimum absolute atomic E-state index is 0.122. The molecule has 0 fully saturated rings. The fourth-order valence-electron chi connectivity index (χ4n) is 1.53. The summed E-state index contributed by atoms with van der Waals surface area (Å²) in [5, 5.41) is 11.4. The van der Waals surface area contributed by atoms with Gasteiger partial charge in [-0.05, 0) is 32.9 Å². The molecule has 0 bridgehead atoms. The van der Waals surface area contributed by atoms with E-state index in [-0.39, 0.29) is 13.0 Å². The summed E-state index contributed by atoms with van der Waals surface area (Å²) < 4.78 is 10.3. The Balaban J connectivity index is 2.55. The third-order valence-corrected chi connectivity index (χ3v) is 2.26. The van der Waals surface area contributed by atoms with E-state index in [2.05, 4.69) is 5.32 Å². The van der Waals surface area contributed by atoms with Crippen molar-refractivity contribution < 1.29 is 23.8 Å². The highest BCUT2D eigenvalue weighted by molar-refractivity contribution is 5.69. The predicted molar refractivity (Wildman–Crippen MR) is 67.9 cm³/mol. The lowest BCUT2D eigenvalue weighted by Crippen LogP contribution is -2.35. The van der Waals surface area contributed by atoms with Crippen molar-refractivity contribution in [3.63, 3.8) is 0 Å². The summed E-state index contributed by atoms with van der Waals surface area (Å²) in [5.74, 6) is -0.842. The number of ether oxygens (including phenoxy) is 1. The second kappa shape index (κ2) is 6.26. The van der Waals surface area contributed by atoms with E-state index in [4.69, 9.17) is 14.3 Å². The standard InChI is InChI=1S/C13H19NO5/c1-13(2,3)19-12(17)14-8-9(7-11(15)16)10-5-4-6-18-10/h4-6,9H,7-8H2,1-3H3,(H,14,17)(H,15,16). The molecule has 0 aliphatic heterocycles. The molecule has 1 atom stereocenters. The third-order valence-electron chi connectivity index (χ3n) is 2.26. The van der Waals surface area contributed by atoms with Crippen molar-refractivity contribution in [3.8, 4) is 0 Å². The summed E-state index contributed by atoms with van der Waals surface area (Å²) >= 11 is 0. The molecular formula is C13H19NO5. The van der Waals surface area contributed by atoms with Crippen molar-refractivity contribution in [2.45, 2.75) is 38.7 Å². The van der Waals surface area contributed by atoms with Crippen molar-refractivity contribution in [2.24, 2.45) is 0 Å². The van der Waals surface area contributed by atoms with Gasteiger partial charge in [-0.1, -0.05) is 0 Å². The average Bonchev–Trinajstić information content (AvgIpc) is 2.74. The number of carbonyl (C=O) groups is 2. The summed E-state index contributed by atoms with van der Waals surface area (Å²) in [7, 11) is 0. The third kappa shape index (κ3) is 5.94. The van der Waals surface area contributed by atoms with Gasteiger partial charge in [-0.2, -0.15) is 0 Å². The first-order chi connectivity index (χ1) is 8.78. The molecule has 0 saturated carbocycles. The maximum atomic E-state index is 11.5.